The molecule has 1 aliphatic heterocycles. The van der Waals surface area contributed by atoms with E-state index in [2.05, 4.69) is 9.72 Å². The van der Waals surface area contributed by atoms with Crippen LogP contribution in [0.2, 0.25) is 0 Å². The Labute approximate surface area is 165 Å². The lowest BCUT2D eigenvalue weighted by Crippen LogP contribution is -2.37. The van der Waals surface area contributed by atoms with Crippen LogP contribution in [0.25, 0.3) is 11.1 Å². The fourth-order valence-electron chi connectivity index (χ4n) is 3.11. The second-order valence-electron chi connectivity index (χ2n) is 6.37. The first-order valence-electron chi connectivity index (χ1n) is 8.83. The van der Waals surface area contributed by atoms with Crippen LogP contribution in [0.4, 0.5) is 4.79 Å². The number of aromatic nitrogens is 2. The zero-order valence-electron chi connectivity index (χ0n) is 15.8. The van der Waals surface area contributed by atoms with Gasteiger partial charge in [0.05, 0.1) is 18.8 Å². The van der Waals surface area contributed by atoms with Gasteiger partial charge in [-0.25, -0.2) is 9.59 Å². The molecule has 10 nitrogen and oxygen atoms in total. The summed E-state index contributed by atoms with van der Waals surface area (Å²) in [5.74, 6) is -0.557. The van der Waals surface area contributed by atoms with Gasteiger partial charge in [-0.15, -0.1) is 0 Å². The molecule has 0 spiro atoms. The maximum atomic E-state index is 12.4. The van der Waals surface area contributed by atoms with E-state index >= 15 is 0 Å². The smallest absolute Gasteiger partial charge is 0.458 e. The number of rotatable bonds is 5. The number of carbonyl (C=O) groups is 2. The highest BCUT2D eigenvalue weighted by Gasteiger charge is 2.40. The van der Waals surface area contributed by atoms with Crippen molar-refractivity contribution < 1.29 is 28.5 Å². The highest BCUT2D eigenvalue weighted by atomic mass is 16.7. The molecular formula is C19H20N2O8. The fourth-order valence-corrected chi connectivity index (χ4v) is 3.11. The molecule has 0 amide bonds. The Morgan fingerprint density at radius 1 is 1.24 bits per heavy atom. The zero-order chi connectivity index (χ0) is 21.0. The first-order chi connectivity index (χ1) is 13.9. The molecule has 0 bridgehead atoms. The van der Waals surface area contributed by atoms with Crippen LogP contribution in [0.5, 0.6) is 0 Å². The Bertz CT molecular complexity index is 997. The van der Waals surface area contributed by atoms with Crippen molar-refractivity contribution in [3.63, 3.8) is 0 Å². The summed E-state index contributed by atoms with van der Waals surface area (Å²) < 4.78 is 21.5. The quantitative estimate of drug-likeness (QED) is 0.737. The number of benzene rings is 1. The van der Waals surface area contributed by atoms with E-state index in [9.17, 15) is 19.2 Å². The third kappa shape index (κ3) is 4.72. The van der Waals surface area contributed by atoms with Crippen molar-refractivity contribution in [3.8, 4) is 11.1 Å². The summed E-state index contributed by atoms with van der Waals surface area (Å²) in [6.45, 7) is 1.09. The SMILES string of the molecule is COC(=O)OC[C@@H]1C[C@@H](OC(C)=O)[C@H](n2cc(-c3ccccc3)c(=O)[nH]c2=O)O1. The van der Waals surface area contributed by atoms with Gasteiger partial charge in [0, 0.05) is 19.5 Å². The molecule has 0 saturated carbocycles. The average Bonchev–Trinajstić information content (AvgIpc) is 3.08. The van der Waals surface area contributed by atoms with Gasteiger partial charge in [0.1, 0.15) is 12.7 Å². The molecule has 10 heteroatoms. The van der Waals surface area contributed by atoms with E-state index in [0.29, 0.717) is 5.56 Å². The molecule has 2 aromatic rings. The van der Waals surface area contributed by atoms with Crippen molar-refractivity contribution in [2.45, 2.75) is 31.8 Å². The van der Waals surface area contributed by atoms with Gasteiger partial charge < -0.3 is 18.9 Å². The van der Waals surface area contributed by atoms with Gasteiger partial charge >= 0.3 is 17.8 Å². The maximum Gasteiger partial charge on any atom is 0.508 e. The predicted octanol–water partition coefficient (Wildman–Crippen LogP) is 1.21. The molecule has 1 aromatic heterocycles. The van der Waals surface area contributed by atoms with Crippen LogP contribution >= 0.6 is 0 Å². The molecule has 1 fully saturated rings. The molecule has 1 aromatic carbocycles. The molecule has 154 valence electrons. The Morgan fingerprint density at radius 2 is 1.97 bits per heavy atom. The minimum absolute atomic E-state index is 0.148. The number of carbonyl (C=O) groups excluding carboxylic acids is 2. The second-order valence-corrected chi connectivity index (χ2v) is 6.37. The molecule has 0 aliphatic carbocycles. The van der Waals surface area contributed by atoms with E-state index in [-0.39, 0.29) is 18.6 Å². The number of hydrogen-bond acceptors (Lipinski definition) is 8. The van der Waals surface area contributed by atoms with E-state index < -0.39 is 41.8 Å². The predicted molar refractivity (Wildman–Crippen MR) is 99.2 cm³/mol. The molecule has 1 N–H and O–H groups in total. The lowest BCUT2D eigenvalue weighted by molar-refractivity contribution is -0.152. The van der Waals surface area contributed by atoms with E-state index in [4.69, 9.17) is 14.2 Å². The van der Waals surface area contributed by atoms with E-state index in [0.717, 1.165) is 4.57 Å². The number of H-pyrrole nitrogens is 1. The Morgan fingerprint density at radius 3 is 2.62 bits per heavy atom. The van der Waals surface area contributed by atoms with Crippen molar-refractivity contribution in [2.75, 3.05) is 13.7 Å². The monoisotopic (exact) mass is 404 g/mol. The van der Waals surface area contributed by atoms with E-state index in [1.165, 1.54) is 20.2 Å². The highest BCUT2D eigenvalue weighted by Crippen LogP contribution is 2.31. The second kappa shape index (κ2) is 8.74. The van der Waals surface area contributed by atoms with Crippen LogP contribution in [-0.2, 0) is 23.7 Å². The molecule has 2 heterocycles. The van der Waals surface area contributed by atoms with Crippen molar-refractivity contribution in [1.29, 1.82) is 0 Å². The van der Waals surface area contributed by atoms with Gasteiger partial charge in [0.25, 0.3) is 5.56 Å². The van der Waals surface area contributed by atoms with E-state index in [1.807, 2.05) is 0 Å². The Hall–Kier alpha value is -3.40. The van der Waals surface area contributed by atoms with Crippen LogP contribution in [0, 0.1) is 0 Å². The number of nitrogens with zero attached hydrogens (tertiary/aromatic N) is 1. The first kappa shape index (κ1) is 20.3. The Kier molecular flexibility index (Phi) is 6.13. The minimum atomic E-state index is -1.00. The van der Waals surface area contributed by atoms with Crippen LogP contribution in [0.1, 0.15) is 19.6 Å². The fraction of sp³-hybridized carbons (Fsp3) is 0.368. The van der Waals surface area contributed by atoms with Crippen LogP contribution in [0.15, 0.2) is 46.1 Å². The Balaban J connectivity index is 1.93. The topological polar surface area (TPSA) is 126 Å². The van der Waals surface area contributed by atoms with Crippen LogP contribution in [-0.4, -0.2) is 47.6 Å². The molecule has 0 radical (unpaired) electrons. The van der Waals surface area contributed by atoms with E-state index in [1.54, 1.807) is 30.3 Å². The summed E-state index contributed by atoms with van der Waals surface area (Å²) in [5.41, 5.74) is -0.406. The largest absolute Gasteiger partial charge is 0.508 e. The summed E-state index contributed by atoms with van der Waals surface area (Å²) in [5, 5.41) is 0. The minimum Gasteiger partial charge on any atom is -0.458 e. The van der Waals surface area contributed by atoms with Crippen molar-refractivity contribution in [2.24, 2.45) is 0 Å². The maximum absolute atomic E-state index is 12.4. The average molecular weight is 404 g/mol. The number of hydrogen-bond donors (Lipinski definition) is 1. The number of ether oxygens (including phenoxy) is 4. The standard InChI is InChI=1S/C19H20N2O8/c1-11(22)28-15-8-13(10-27-19(25)26-2)29-17(15)21-9-14(16(23)20-18(21)24)12-6-4-3-5-7-12/h3-7,9,13,15,17H,8,10H2,1-2H3,(H,20,23,24)/t13-,15+,17+/m0/s1. The van der Waals surface area contributed by atoms with Gasteiger partial charge in [-0.1, -0.05) is 30.3 Å². The number of methoxy groups -OCH3 is 1. The number of esters is 1. The van der Waals surface area contributed by atoms with Gasteiger partial charge in [0.2, 0.25) is 0 Å². The third-order valence-electron chi connectivity index (χ3n) is 4.34. The number of nitrogens with one attached hydrogen (secondary N) is 1. The van der Waals surface area contributed by atoms with Crippen LogP contribution in [0.3, 0.4) is 0 Å². The highest BCUT2D eigenvalue weighted by molar-refractivity contribution is 5.66. The zero-order valence-corrected chi connectivity index (χ0v) is 15.8. The summed E-state index contributed by atoms with van der Waals surface area (Å²) in [6.07, 6.45) is -1.78. The summed E-state index contributed by atoms with van der Waals surface area (Å²) in [6, 6.07) is 8.78. The third-order valence-corrected chi connectivity index (χ3v) is 4.34. The van der Waals surface area contributed by atoms with Gasteiger partial charge in [-0.3, -0.25) is 19.1 Å². The lowest BCUT2D eigenvalue weighted by atomic mass is 10.1. The van der Waals surface area contributed by atoms with Crippen molar-refractivity contribution in [1.82, 2.24) is 9.55 Å². The van der Waals surface area contributed by atoms with Gasteiger partial charge in [-0.2, -0.15) is 0 Å². The summed E-state index contributed by atoms with van der Waals surface area (Å²) in [7, 11) is 1.17. The summed E-state index contributed by atoms with van der Waals surface area (Å²) >= 11 is 0. The molecule has 0 unspecified atom stereocenters. The molecule has 1 saturated heterocycles. The number of aromatic amines is 1. The van der Waals surface area contributed by atoms with Gasteiger partial charge in [0.15, 0.2) is 6.23 Å². The van der Waals surface area contributed by atoms with Gasteiger partial charge in [-0.05, 0) is 5.56 Å². The molecular weight excluding hydrogens is 384 g/mol. The molecule has 3 atom stereocenters. The van der Waals surface area contributed by atoms with Crippen molar-refractivity contribution in [3.05, 3.63) is 57.4 Å². The molecule has 3 rings (SSSR count). The molecule has 29 heavy (non-hydrogen) atoms. The normalized spacial score (nSPS) is 20.8. The van der Waals surface area contributed by atoms with Crippen LogP contribution < -0.4 is 11.2 Å². The lowest BCUT2D eigenvalue weighted by Gasteiger charge is -2.21. The molecule has 1 aliphatic rings. The summed E-state index contributed by atoms with van der Waals surface area (Å²) in [4.78, 5) is 49.7. The van der Waals surface area contributed by atoms with Crippen molar-refractivity contribution >= 4 is 12.1 Å². The first-order valence-corrected chi connectivity index (χ1v) is 8.83.